The summed E-state index contributed by atoms with van der Waals surface area (Å²) in [4.78, 5) is 0. The van der Waals surface area contributed by atoms with Crippen LogP contribution in [0.3, 0.4) is 0 Å². The van der Waals surface area contributed by atoms with Crippen LogP contribution in [-0.4, -0.2) is 12.4 Å². The molecule has 0 spiro atoms. The number of thiocyanates is 1. The lowest BCUT2D eigenvalue weighted by Crippen LogP contribution is -2.08. The third-order valence-electron chi connectivity index (χ3n) is 2.55. The molecule has 0 aliphatic carbocycles. The number of rotatable bonds is 7. The van der Waals surface area contributed by atoms with E-state index in [2.05, 4.69) is 32.2 Å². The molecule has 0 aliphatic heterocycles. The van der Waals surface area contributed by atoms with Crippen molar-refractivity contribution in [2.75, 3.05) is 12.4 Å². The van der Waals surface area contributed by atoms with Gasteiger partial charge in [-0.3, -0.25) is 0 Å². The second kappa shape index (κ2) is 8.05. The minimum absolute atomic E-state index is 0.485. The highest BCUT2D eigenvalue weighted by atomic mass is 32.2. The van der Waals surface area contributed by atoms with Crippen LogP contribution in [0.15, 0.2) is 24.3 Å². The lowest BCUT2D eigenvalue weighted by Gasteiger charge is -2.15. The summed E-state index contributed by atoms with van der Waals surface area (Å²) in [7, 11) is 0. The van der Waals surface area contributed by atoms with Crippen molar-refractivity contribution in [1.82, 2.24) is 0 Å². The average molecular weight is 263 g/mol. The molecular weight excluding hydrogens is 242 g/mol. The molecule has 0 radical (unpaired) electrons. The Balaban J connectivity index is 2.61. The Morgan fingerprint density at radius 2 is 2.00 bits per heavy atom. The summed E-state index contributed by atoms with van der Waals surface area (Å²) in [5.41, 5.74) is 1.24. The molecule has 1 rings (SSSR count). The van der Waals surface area contributed by atoms with Crippen LogP contribution in [0, 0.1) is 22.5 Å². The van der Waals surface area contributed by atoms with Gasteiger partial charge in [-0.15, -0.1) is 0 Å². The van der Waals surface area contributed by atoms with Gasteiger partial charge in [0.15, 0.2) is 0 Å². The zero-order valence-electron chi connectivity index (χ0n) is 11.3. The third kappa shape index (κ3) is 5.46. The number of ether oxygens (including phenoxy) is 1. The summed E-state index contributed by atoms with van der Waals surface area (Å²) in [6.45, 7) is 7.21. The lowest BCUT2D eigenvalue weighted by molar-refractivity contribution is 0.268. The van der Waals surface area contributed by atoms with Gasteiger partial charge in [-0.2, -0.15) is 5.26 Å². The highest BCUT2D eigenvalue weighted by Gasteiger charge is 2.09. The summed E-state index contributed by atoms with van der Waals surface area (Å²) in [6.07, 6.45) is 0.961. The van der Waals surface area contributed by atoms with Gasteiger partial charge in [0.05, 0.1) is 6.61 Å². The Morgan fingerprint density at radius 3 is 2.67 bits per heavy atom. The van der Waals surface area contributed by atoms with E-state index in [1.54, 1.807) is 0 Å². The Morgan fingerprint density at radius 1 is 1.28 bits per heavy atom. The molecule has 3 heteroatoms. The Kier molecular flexibility index (Phi) is 6.67. The standard InChI is InChI=1S/C15H21NOS/c1-12(2)9-17-15-7-5-4-6-14(15)8-13(3)10-18-11-16/h4-7,12-13H,8-10H2,1-3H3. The SMILES string of the molecule is CC(C)COc1ccccc1CC(C)CSC#N. The van der Waals surface area contributed by atoms with Gasteiger partial charge in [-0.25, -0.2) is 0 Å². The van der Waals surface area contributed by atoms with Crippen molar-refractivity contribution in [3.63, 3.8) is 0 Å². The molecular formula is C15H21NOS. The number of nitrogens with zero attached hydrogens (tertiary/aromatic N) is 1. The molecule has 2 nitrogen and oxygen atoms in total. The van der Waals surface area contributed by atoms with Crippen molar-refractivity contribution in [1.29, 1.82) is 5.26 Å². The van der Waals surface area contributed by atoms with E-state index >= 15 is 0 Å². The molecule has 0 N–H and O–H groups in total. The number of nitriles is 1. The van der Waals surface area contributed by atoms with E-state index in [0.717, 1.165) is 24.5 Å². The molecule has 0 aliphatic rings. The first-order chi connectivity index (χ1) is 8.63. The molecule has 1 aromatic carbocycles. The highest BCUT2D eigenvalue weighted by Crippen LogP contribution is 2.23. The minimum atomic E-state index is 0.485. The fraction of sp³-hybridized carbons (Fsp3) is 0.533. The smallest absolute Gasteiger partial charge is 0.133 e. The Hall–Kier alpha value is -1.14. The van der Waals surface area contributed by atoms with Gasteiger partial charge in [-0.1, -0.05) is 39.0 Å². The summed E-state index contributed by atoms with van der Waals surface area (Å²) < 4.78 is 5.83. The first-order valence-electron chi connectivity index (χ1n) is 6.35. The summed E-state index contributed by atoms with van der Waals surface area (Å²) in [5, 5.41) is 10.7. The Bertz CT molecular complexity index is 398. The molecule has 0 amide bonds. The molecule has 0 saturated heterocycles. The van der Waals surface area contributed by atoms with Gasteiger partial charge >= 0.3 is 0 Å². The average Bonchev–Trinajstić information content (AvgIpc) is 2.35. The summed E-state index contributed by atoms with van der Waals surface area (Å²) in [6, 6.07) is 8.20. The summed E-state index contributed by atoms with van der Waals surface area (Å²) >= 11 is 1.32. The molecule has 98 valence electrons. The van der Waals surface area contributed by atoms with Crippen LogP contribution < -0.4 is 4.74 Å². The van der Waals surface area contributed by atoms with E-state index in [1.165, 1.54) is 17.3 Å². The van der Waals surface area contributed by atoms with Crippen molar-refractivity contribution >= 4 is 11.8 Å². The largest absolute Gasteiger partial charge is 0.493 e. The zero-order chi connectivity index (χ0) is 13.4. The molecule has 1 unspecified atom stereocenters. The van der Waals surface area contributed by atoms with Crippen molar-refractivity contribution < 1.29 is 4.74 Å². The van der Waals surface area contributed by atoms with Crippen LogP contribution in [0.2, 0.25) is 0 Å². The molecule has 18 heavy (non-hydrogen) atoms. The maximum Gasteiger partial charge on any atom is 0.133 e. The molecule has 0 heterocycles. The van der Waals surface area contributed by atoms with Crippen LogP contribution in [0.5, 0.6) is 5.75 Å². The molecule has 0 bridgehead atoms. The van der Waals surface area contributed by atoms with Crippen molar-refractivity contribution in [3.8, 4) is 11.2 Å². The van der Waals surface area contributed by atoms with E-state index in [9.17, 15) is 0 Å². The summed E-state index contributed by atoms with van der Waals surface area (Å²) in [5.74, 6) is 2.87. The van der Waals surface area contributed by atoms with Crippen LogP contribution in [0.25, 0.3) is 0 Å². The Labute approximate surface area is 114 Å². The van der Waals surface area contributed by atoms with Crippen LogP contribution in [0.1, 0.15) is 26.3 Å². The van der Waals surface area contributed by atoms with Crippen molar-refractivity contribution in [2.24, 2.45) is 11.8 Å². The second-order valence-electron chi connectivity index (χ2n) is 5.02. The van der Waals surface area contributed by atoms with Crippen molar-refractivity contribution in [3.05, 3.63) is 29.8 Å². The normalized spacial score (nSPS) is 12.2. The fourth-order valence-corrected chi connectivity index (χ4v) is 2.16. The second-order valence-corrected chi connectivity index (χ2v) is 5.83. The van der Waals surface area contributed by atoms with Crippen LogP contribution in [-0.2, 0) is 6.42 Å². The predicted octanol–water partition coefficient (Wildman–Crippen LogP) is 4.11. The van der Waals surface area contributed by atoms with Gasteiger partial charge in [0.25, 0.3) is 0 Å². The van der Waals surface area contributed by atoms with Crippen LogP contribution in [0.4, 0.5) is 0 Å². The van der Waals surface area contributed by atoms with Crippen molar-refractivity contribution in [2.45, 2.75) is 27.2 Å². The first kappa shape index (κ1) is 14.9. The van der Waals surface area contributed by atoms with E-state index in [4.69, 9.17) is 10.00 Å². The van der Waals surface area contributed by atoms with Gasteiger partial charge in [-0.05, 0) is 41.6 Å². The first-order valence-corrected chi connectivity index (χ1v) is 7.33. The van der Waals surface area contributed by atoms with Gasteiger partial charge < -0.3 is 4.74 Å². The maximum atomic E-state index is 8.57. The van der Waals surface area contributed by atoms with E-state index in [0.29, 0.717) is 11.8 Å². The molecule has 0 fully saturated rings. The predicted molar refractivity (Wildman–Crippen MR) is 77.7 cm³/mol. The van der Waals surface area contributed by atoms with E-state index < -0.39 is 0 Å². The fourth-order valence-electron chi connectivity index (χ4n) is 1.68. The van der Waals surface area contributed by atoms with Gasteiger partial charge in [0.2, 0.25) is 0 Å². The molecule has 1 aromatic rings. The number of para-hydroxylation sites is 1. The number of benzene rings is 1. The highest BCUT2D eigenvalue weighted by molar-refractivity contribution is 8.03. The lowest BCUT2D eigenvalue weighted by atomic mass is 10.0. The van der Waals surface area contributed by atoms with Crippen LogP contribution >= 0.6 is 11.8 Å². The molecule has 0 saturated carbocycles. The maximum absolute atomic E-state index is 8.57. The molecule has 0 aromatic heterocycles. The molecule has 1 atom stereocenters. The minimum Gasteiger partial charge on any atom is -0.493 e. The number of thioether (sulfide) groups is 1. The van der Waals surface area contributed by atoms with E-state index in [-0.39, 0.29) is 0 Å². The number of hydrogen-bond donors (Lipinski definition) is 0. The van der Waals surface area contributed by atoms with Gasteiger partial charge in [0.1, 0.15) is 11.2 Å². The van der Waals surface area contributed by atoms with Gasteiger partial charge in [0, 0.05) is 5.75 Å². The monoisotopic (exact) mass is 263 g/mol. The topological polar surface area (TPSA) is 33.0 Å². The number of hydrogen-bond acceptors (Lipinski definition) is 3. The van der Waals surface area contributed by atoms with E-state index in [1.807, 2.05) is 18.2 Å². The zero-order valence-corrected chi connectivity index (χ0v) is 12.2. The third-order valence-corrected chi connectivity index (χ3v) is 3.41. The quantitative estimate of drug-likeness (QED) is 0.694.